The summed E-state index contributed by atoms with van der Waals surface area (Å²) in [6, 6.07) is 15.0. The summed E-state index contributed by atoms with van der Waals surface area (Å²) in [6.07, 6.45) is 3.91. The summed E-state index contributed by atoms with van der Waals surface area (Å²) in [5, 5.41) is 2.58. The van der Waals surface area contributed by atoms with Crippen LogP contribution in [0.4, 0.5) is 17.1 Å². The molecule has 2 N–H and O–H groups in total. The maximum absolute atomic E-state index is 12.6. The van der Waals surface area contributed by atoms with Crippen LogP contribution in [0.2, 0.25) is 0 Å². The Balaban J connectivity index is 1.69. The van der Waals surface area contributed by atoms with Gasteiger partial charge in [-0.25, -0.2) is 16.8 Å². The van der Waals surface area contributed by atoms with Crippen LogP contribution in [-0.2, 0) is 24.8 Å². The molecule has 0 radical (unpaired) electrons. The van der Waals surface area contributed by atoms with E-state index in [0.717, 1.165) is 10.6 Å². The molecule has 0 unspecified atom stereocenters. The topological polar surface area (TPSA) is 135 Å². The van der Waals surface area contributed by atoms with Crippen molar-refractivity contribution in [3.05, 3.63) is 73.1 Å². The Morgan fingerprint density at radius 2 is 1.65 bits per heavy atom. The molecule has 12 heteroatoms. The Labute approximate surface area is 198 Å². The first kappa shape index (κ1) is 25.0. The van der Waals surface area contributed by atoms with E-state index in [0.29, 0.717) is 29.4 Å². The number of amides is 1. The summed E-state index contributed by atoms with van der Waals surface area (Å²) >= 11 is 0. The number of rotatable bonds is 10. The molecule has 2 aromatic carbocycles. The van der Waals surface area contributed by atoms with Crippen LogP contribution in [0.1, 0.15) is 6.92 Å². The predicted molar refractivity (Wildman–Crippen MR) is 130 cm³/mol. The van der Waals surface area contributed by atoms with Crippen molar-refractivity contribution in [1.82, 2.24) is 4.98 Å². The average molecular weight is 505 g/mol. The van der Waals surface area contributed by atoms with Gasteiger partial charge in [0.2, 0.25) is 15.9 Å². The molecule has 0 bridgehead atoms. The van der Waals surface area contributed by atoms with Gasteiger partial charge in [-0.15, -0.1) is 0 Å². The molecule has 0 aliphatic heterocycles. The largest absolute Gasteiger partial charge is 0.494 e. The summed E-state index contributed by atoms with van der Waals surface area (Å²) in [4.78, 5) is 16.4. The van der Waals surface area contributed by atoms with Crippen molar-refractivity contribution >= 4 is 43.0 Å². The highest BCUT2D eigenvalue weighted by atomic mass is 32.2. The number of carbonyl (C=O) groups excluding carboxylic acids is 1. The van der Waals surface area contributed by atoms with Gasteiger partial charge < -0.3 is 10.1 Å². The van der Waals surface area contributed by atoms with Crippen LogP contribution >= 0.6 is 0 Å². The van der Waals surface area contributed by atoms with Crippen LogP contribution in [0.25, 0.3) is 0 Å². The van der Waals surface area contributed by atoms with Gasteiger partial charge in [0.1, 0.15) is 12.3 Å². The Bertz CT molecular complexity index is 1330. The van der Waals surface area contributed by atoms with Crippen molar-refractivity contribution < 1.29 is 26.4 Å². The lowest BCUT2D eigenvalue weighted by atomic mass is 10.3. The van der Waals surface area contributed by atoms with E-state index in [9.17, 15) is 21.6 Å². The van der Waals surface area contributed by atoms with E-state index in [1.54, 1.807) is 36.4 Å². The van der Waals surface area contributed by atoms with Crippen LogP contribution in [0.5, 0.6) is 5.75 Å². The average Bonchev–Trinajstić information content (AvgIpc) is 2.78. The second-order valence-electron chi connectivity index (χ2n) is 7.12. The van der Waals surface area contributed by atoms with E-state index >= 15 is 0 Å². The SMILES string of the molecule is CCOc1ccc(N(CC(=O)Nc2ccc(S(=O)(=O)Nc3cccnc3)cc2)S(C)(=O)=O)cc1. The fourth-order valence-electron chi connectivity index (χ4n) is 2.96. The fraction of sp³-hybridized carbons (Fsp3) is 0.182. The predicted octanol–water partition coefficient (Wildman–Crippen LogP) is 2.69. The fourth-order valence-corrected chi connectivity index (χ4v) is 4.86. The standard InChI is InChI=1S/C22H24N4O6S2/c1-3-32-20-10-8-19(9-11-20)26(33(2,28)29)16-22(27)24-17-6-12-21(13-7-17)34(30,31)25-18-5-4-14-23-15-18/h4-15,25H,3,16H2,1-2H3,(H,24,27). The molecule has 1 heterocycles. The zero-order valence-electron chi connectivity index (χ0n) is 18.5. The molecule has 1 aromatic heterocycles. The van der Waals surface area contributed by atoms with E-state index in [-0.39, 0.29) is 4.90 Å². The Hall–Kier alpha value is -3.64. The first-order valence-corrected chi connectivity index (χ1v) is 13.4. The lowest BCUT2D eigenvalue weighted by Crippen LogP contribution is -2.37. The molecule has 0 spiro atoms. The molecule has 0 fully saturated rings. The van der Waals surface area contributed by atoms with Crippen LogP contribution in [0.3, 0.4) is 0 Å². The van der Waals surface area contributed by atoms with Gasteiger partial charge >= 0.3 is 0 Å². The number of anilines is 3. The van der Waals surface area contributed by atoms with E-state index < -0.39 is 32.5 Å². The molecular weight excluding hydrogens is 480 g/mol. The van der Waals surface area contributed by atoms with Crippen LogP contribution in [-0.4, -0.2) is 47.1 Å². The van der Waals surface area contributed by atoms with Crippen molar-refractivity contribution in [3.8, 4) is 5.75 Å². The van der Waals surface area contributed by atoms with Gasteiger partial charge in [-0.05, 0) is 67.6 Å². The summed E-state index contributed by atoms with van der Waals surface area (Å²) in [5.74, 6) is -0.0133. The number of hydrogen-bond donors (Lipinski definition) is 2. The minimum absolute atomic E-state index is 0.0125. The smallest absolute Gasteiger partial charge is 0.261 e. The van der Waals surface area contributed by atoms with E-state index in [4.69, 9.17) is 4.74 Å². The monoisotopic (exact) mass is 504 g/mol. The molecule has 3 aromatic rings. The molecule has 0 atom stereocenters. The van der Waals surface area contributed by atoms with Crippen molar-refractivity contribution in [2.24, 2.45) is 0 Å². The highest BCUT2D eigenvalue weighted by Crippen LogP contribution is 2.22. The molecule has 0 saturated heterocycles. The van der Waals surface area contributed by atoms with Crippen LogP contribution < -0.4 is 19.1 Å². The highest BCUT2D eigenvalue weighted by Gasteiger charge is 2.21. The Morgan fingerprint density at radius 3 is 2.21 bits per heavy atom. The van der Waals surface area contributed by atoms with Crippen molar-refractivity contribution in [2.45, 2.75) is 11.8 Å². The number of nitrogens with zero attached hydrogens (tertiary/aromatic N) is 2. The van der Waals surface area contributed by atoms with Gasteiger partial charge in [-0.1, -0.05) is 0 Å². The van der Waals surface area contributed by atoms with Crippen molar-refractivity contribution in [2.75, 3.05) is 33.8 Å². The lowest BCUT2D eigenvalue weighted by molar-refractivity contribution is -0.114. The zero-order valence-corrected chi connectivity index (χ0v) is 20.1. The van der Waals surface area contributed by atoms with E-state index in [2.05, 4.69) is 15.0 Å². The quantitative estimate of drug-likeness (QED) is 0.433. The van der Waals surface area contributed by atoms with Crippen LogP contribution in [0.15, 0.2) is 78.0 Å². The maximum atomic E-state index is 12.6. The number of ether oxygens (including phenoxy) is 1. The van der Waals surface area contributed by atoms with Gasteiger partial charge in [-0.3, -0.25) is 18.8 Å². The molecular formula is C22H24N4O6S2. The molecule has 180 valence electrons. The molecule has 0 aliphatic rings. The highest BCUT2D eigenvalue weighted by molar-refractivity contribution is 7.92. The van der Waals surface area contributed by atoms with Crippen LogP contribution in [0, 0.1) is 0 Å². The van der Waals surface area contributed by atoms with Gasteiger partial charge in [0, 0.05) is 11.9 Å². The second kappa shape index (κ2) is 10.5. The lowest BCUT2D eigenvalue weighted by Gasteiger charge is -2.22. The number of aromatic nitrogens is 1. The number of benzene rings is 2. The normalized spacial score (nSPS) is 11.5. The third kappa shape index (κ3) is 6.68. The summed E-state index contributed by atoms with van der Waals surface area (Å²) in [6.45, 7) is 1.84. The number of pyridine rings is 1. The third-order valence-electron chi connectivity index (χ3n) is 4.49. The van der Waals surface area contributed by atoms with Crippen molar-refractivity contribution in [3.63, 3.8) is 0 Å². The molecule has 1 amide bonds. The zero-order chi connectivity index (χ0) is 24.8. The number of sulfonamides is 2. The van der Waals surface area contributed by atoms with Gasteiger partial charge in [0.25, 0.3) is 10.0 Å². The molecule has 10 nitrogen and oxygen atoms in total. The Morgan fingerprint density at radius 1 is 0.971 bits per heavy atom. The number of nitrogens with one attached hydrogen (secondary N) is 2. The number of hydrogen-bond acceptors (Lipinski definition) is 7. The second-order valence-corrected chi connectivity index (χ2v) is 10.7. The molecule has 0 aliphatic carbocycles. The van der Waals surface area contributed by atoms with E-state index in [1.807, 2.05) is 6.92 Å². The maximum Gasteiger partial charge on any atom is 0.261 e. The minimum Gasteiger partial charge on any atom is -0.494 e. The first-order chi connectivity index (χ1) is 16.1. The molecule has 3 rings (SSSR count). The van der Waals surface area contributed by atoms with Gasteiger partial charge in [0.05, 0.1) is 35.3 Å². The summed E-state index contributed by atoms with van der Waals surface area (Å²) in [5.41, 5.74) is 0.935. The summed E-state index contributed by atoms with van der Waals surface area (Å²) in [7, 11) is -7.59. The Kier molecular flexibility index (Phi) is 7.74. The third-order valence-corrected chi connectivity index (χ3v) is 7.02. The molecule has 34 heavy (non-hydrogen) atoms. The first-order valence-electron chi connectivity index (χ1n) is 10.1. The number of carbonyl (C=O) groups is 1. The van der Waals surface area contributed by atoms with Gasteiger partial charge in [-0.2, -0.15) is 0 Å². The minimum atomic E-state index is -3.84. The van der Waals surface area contributed by atoms with Crippen molar-refractivity contribution in [1.29, 1.82) is 0 Å². The summed E-state index contributed by atoms with van der Waals surface area (Å²) < 4.78 is 58.3. The van der Waals surface area contributed by atoms with E-state index in [1.165, 1.54) is 36.7 Å². The van der Waals surface area contributed by atoms with Gasteiger partial charge in [0.15, 0.2) is 0 Å². The molecule has 0 saturated carbocycles.